The third kappa shape index (κ3) is 3.06. The minimum atomic E-state index is -0.739. The topological polar surface area (TPSA) is 76.1 Å². The largest absolute Gasteiger partial charge is 0.467 e. The molecule has 0 bridgehead atoms. The molecule has 0 radical (unpaired) electrons. The number of amides is 1. The normalized spacial score (nSPS) is 30.2. The lowest BCUT2D eigenvalue weighted by Gasteiger charge is -2.28. The van der Waals surface area contributed by atoms with Gasteiger partial charge in [-0.3, -0.25) is 4.90 Å². The lowest BCUT2D eigenvalue weighted by molar-refractivity contribution is -0.147. The van der Waals surface area contributed by atoms with Gasteiger partial charge in [-0.15, -0.1) is 0 Å². The van der Waals surface area contributed by atoms with E-state index in [9.17, 15) is 14.7 Å². The van der Waals surface area contributed by atoms with Crippen molar-refractivity contribution >= 4 is 12.1 Å². The molecule has 0 aromatic rings. The average Bonchev–Trinajstić information content (AvgIpc) is 3.09. The van der Waals surface area contributed by atoms with Crippen LogP contribution in [0.5, 0.6) is 0 Å². The van der Waals surface area contributed by atoms with Crippen LogP contribution in [0.4, 0.5) is 4.79 Å². The highest BCUT2D eigenvalue weighted by atomic mass is 16.6. The van der Waals surface area contributed by atoms with Gasteiger partial charge < -0.3 is 14.6 Å². The molecular weight excluding hydrogens is 262 g/mol. The van der Waals surface area contributed by atoms with Crippen molar-refractivity contribution in [1.29, 1.82) is 0 Å². The summed E-state index contributed by atoms with van der Waals surface area (Å²) in [6.07, 6.45) is 0.698. The molecule has 2 aliphatic rings. The molecule has 1 saturated carbocycles. The molecule has 114 valence electrons. The van der Waals surface area contributed by atoms with Crippen LogP contribution in [0.25, 0.3) is 0 Å². The van der Waals surface area contributed by atoms with Gasteiger partial charge in [0.2, 0.25) is 0 Å². The minimum Gasteiger partial charge on any atom is -0.467 e. The monoisotopic (exact) mass is 285 g/mol. The van der Waals surface area contributed by atoms with Crippen LogP contribution >= 0.6 is 0 Å². The first-order valence-corrected chi connectivity index (χ1v) is 7.00. The molecule has 1 aliphatic carbocycles. The van der Waals surface area contributed by atoms with Crippen molar-refractivity contribution < 1.29 is 24.2 Å². The standard InChI is InChI=1S/C14H23NO5/c1-14(2,3)20-13(18)15-7-9(16)10(8-5-6-8)11(15)12(17)19-4/h8-11,16H,5-7H2,1-4H3. The fourth-order valence-corrected chi connectivity index (χ4v) is 2.82. The Labute approximate surface area is 119 Å². The number of carbonyl (C=O) groups excluding carboxylic acids is 2. The SMILES string of the molecule is COC(=O)C1C(C2CC2)C(O)CN1C(=O)OC(C)(C)C. The lowest BCUT2D eigenvalue weighted by Crippen LogP contribution is -2.46. The number of rotatable bonds is 2. The number of likely N-dealkylation sites (tertiary alicyclic amines) is 1. The van der Waals surface area contributed by atoms with Crippen molar-refractivity contribution in [2.24, 2.45) is 11.8 Å². The van der Waals surface area contributed by atoms with E-state index in [1.54, 1.807) is 20.8 Å². The molecule has 1 N–H and O–H groups in total. The van der Waals surface area contributed by atoms with Gasteiger partial charge in [-0.05, 0) is 39.5 Å². The van der Waals surface area contributed by atoms with E-state index in [4.69, 9.17) is 9.47 Å². The smallest absolute Gasteiger partial charge is 0.411 e. The van der Waals surface area contributed by atoms with E-state index in [1.165, 1.54) is 12.0 Å². The van der Waals surface area contributed by atoms with E-state index >= 15 is 0 Å². The molecule has 1 saturated heterocycles. The molecule has 1 amide bonds. The molecule has 3 unspecified atom stereocenters. The molecule has 6 heteroatoms. The van der Waals surface area contributed by atoms with Crippen molar-refractivity contribution in [2.45, 2.75) is 51.4 Å². The van der Waals surface area contributed by atoms with E-state index in [2.05, 4.69) is 0 Å². The highest BCUT2D eigenvalue weighted by molar-refractivity contribution is 5.83. The van der Waals surface area contributed by atoms with Gasteiger partial charge in [0, 0.05) is 5.92 Å². The van der Waals surface area contributed by atoms with Crippen LogP contribution in [0.15, 0.2) is 0 Å². The summed E-state index contributed by atoms with van der Waals surface area (Å²) in [6.45, 7) is 5.42. The molecule has 3 atom stereocenters. The summed E-state index contributed by atoms with van der Waals surface area (Å²) in [7, 11) is 1.30. The van der Waals surface area contributed by atoms with Crippen LogP contribution in [0.3, 0.4) is 0 Å². The Kier molecular flexibility index (Phi) is 3.95. The first kappa shape index (κ1) is 15.1. The van der Waals surface area contributed by atoms with E-state index in [0.29, 0.717) is 5.92 Å². The highest BCUT2D eigenvalue weighted by Crippen LogP contribution is 2.45. The van der Waals surface area contributed by atoms with Crippen molar-refractivity contribution in [3.63, 3.8) is 0 Å². The number of nitrogens with zero attached hydrogens (tertiary/aromatic N) is 1. The number of aliphatic hydroxyl groups is 1. The molecule has 20 heavy (non-hydrogen) atoms. The molecule has 1 aliphatic heterocycles. The van der Waals surface area contributed by atoms with Gasteiger partial charge in [-0.25, -0.2) is 9.59 Å². The van der Waals surface area contributed by atoms with Gasteiger partial charge in [0.05, 0.1) is 19.8 Å². The quantitative estimate of drug-likeness (QED) is 0.771. The number of hydrogen-bond donors (Lipinski definition) is 1. The third-order valence-corrected chi connectivity index (χ3v) is 3.77. The molecule has 2 fully saturated rings. The van der Waals surface area contributed by atoms with Crippen LogP contribution in [0.2, 0.25) is 0 Å². The summed E-state index contributed by atoms with van der Waals surface area (Å²) < 4.78 is 10.1. The van der Waals surface area contributed by atoms with Crippen LogP contribution in [-0.2, 0) is 14.3 Å². The van der Waals surface area contributed by atoms with Crippen LogP contribution in [0, 0.1) is 11.8 Å². The van der Waals surface area contributed by atoms with E-state index < -0.39 is 29.8 Å². The Bertz CT molecular complexity index is 399. The fraction of sp³-hybridized carbons (Fsp3) is 0.857. The number of β-amino-alcohol motifs (C(OH)–C–C–N with tert-alkyl or cyclic N) is 1. The van der Waals surface area contributed by atoms with Crippen molar-refractivity contribution in [3.05, 3.63) is 0 Å². The predicted molar refractivity (Wildman–Crippen MR) is 71.0 cm³/mol. The number of carbonyl (C=O) groups is 2. The summed E-state index contributed by atoms with van der Waals surface area (Å²) >= 11 is 0. The maximum absolute atomic E-state index is 12.2. The maximum atomic E-state index is 12.2. The number of esters is 1. The van der Waals surface area contributed by atoms with Gasteiger partial charge in [-0.2, -0.15) is 0 Å². The van der Waals surface area contributed by atoms with E-state index in [-0.39, 0.29) is 12.5 Å². The molecule has 2 rings (SSSR count). The highest BCUT2D eigenvalue weighted by Gasteiger charge is 2.54. The van der Waals surface area contributed by atoms with Crippen LogP contribution < -0.4 is 0 Å². The van der Waals surface area contributed by atoms with Gasteiger partial charge in [0.1, 0.15) is 11.6 Å². The molecule has 0 aromatic heterocycles. The second kappa shape index (κ2) is 5.24. The summed E-state index contributed by atoms with van der Waals surface area (Å²) in [5.41, 5.74) is -0.639. The Morgan fingerprint density at radius 1 is 1.25 bits per heavy atom. The average molecular weight is 285 g/mol. The Balaban J connectivity index is 2.18. The third-order valence-electron chi connectivity index (χ3n) is 3.77. The first-order chi connectivity index (χ1) is 9.24. The van der Waals surface area contributed by atoms with Crippen molar-refractivity contribution in [1.82, 2.24) is 4.90 Å². The second-order valence-corrected chi connectivity index (χ2v) is 6.58. The zero-order valence-electron chi connectivity index (χ0n) is 12.5. The first-order valence-electron chi connectivity index (χ1n) is 7.00. The molecule has 0 spiro atoms. The van der Waals surface area contributed by atoms with Gasteiger partial charge in [0.15, 0.2) is 0 Å². The van der Waals surface area contributed by atoms with Gasteiger partial charge in [0.25, 0.3) is 0 Å². The Morgan fingerprint density at radius 3 is 2.30 bits per heavy atom. The zero-order valence-corrected chi connectivity index (χ0v) is 12.5. The summed E-state index contributed by atoms with van der Waals surface area (Å²) in [6, 6.07) is -0.739. The minimum absolute atomic E-state index is 0.121. The number of ether oxygens (including phenoxy) is 2. The number of methoxy groups -OCH3 is 1. The lowest BCUT2D eigenvalue weighted by atomic mass is 9.93. The van der Waals surface area contributed by atoms with Gasteiger partial charge >= 0.3 is 12.1 Å². The van der Waals surface area contributed by atoms with Crippen molar-refractivity contribution in [3.8, 4) is 0 Å². The molecule has 6 nitrogen and oxygen atoms in total. The van der Waals surface area contributed by atoms with Crippen LogP contribution in [0.1, 0.15) is 33.6 Å². The number of hydrogen-bond acceptors (Lipinski definition) is 5. The molecule has 0 aromatic carbocycles. The van der Waals surface area contributed by atoms with Crippen molar-refractivity contribution in [2.75, 3.05) is 13.7 Å². The summed E-state index contributed by atoms with van der Waals surface area (Å²) in [5.74, 6) is -0.430. The second-order valence-electron chi connectivity index (χ2n) is 6.58. The summed E-state index contributed by atoms with van der Waals surface area (Å²) in [4.78, 5) is 25.5. The Hall–Kier alpha value is -1.30. The zero-order chi connectivity index (χ0) is 15.1. The predicted octanol–water partition coefficient (Wildman–Crippen LogP) is 1.17. The molecular formula is C14H23NO5. The maximum Gasteiger partial charge on any atom is 0.411 e. The van der Waals surface area contributed by atoms with Crippen LogP contribution in [-0.4, -0.2) is 53.5 Å². The van der Waals surface area contributed by atoms with E-state index in [0.717, 1.165) is 12.8 Å². The summed E-state index contributed by atoms with van der Waals surface area (Å²) in [5, 5.41) is 10.2. The Morgan fingerprint density at radius 2 is 1.85 bits per heavy atom. The van der Waals surface area contributed by atoms with E-state index in [1.807, 2.05) is 0 Å². The fourth-order valence-electron chi connectivity index (χ4n) is 2.82. The molecule has 1 heterocycles. The number of aliphatic hydroxyl groups excluding tert-OH is 1. The van der Waals surface area contributed by atoms with Gasteiger partial charge in [-0.1, -0.05) is 0 Å².